The Morgan fingerprint density at radius 2 is 2.03 bits per heavy atom. The smallest absolute Gasteiger partial charge is 0.254 e. The van der Waals surface area contributed by atoms with Crippen LogP contribution in [0.25, 0.3) is 5.65 Å². The number of halogens is 1. The van der Waals surface area contributed by atoms with Crippen LogP contribution in [-0.2, 0) is 24.4 Å². The van der Waals surface area contributed by atoms with Crippen molar-refractivity contribution < 1.29 is 9.59 Å². The summed E-state index contributed by atoms with van der Waals surface area (Å²) in [5, 5.41) is 8.35. The number of rotatable bonds is 3. The Labute approximate surface area is 184 Å². The van der Waals surface area contributed by atoms with Gasteiger partial charge in [0.2, 0.25) is 5.91 Å². The maximum atomic E-state index is 13.4. The number of carbonyl (C=O) groups is 2. The Morgan fingerprint density at radius 1 is 1.23 bits per heavy atom. The Hall–Kier alpha value is -2.97. The van der Waals surface area contributed by atoms with E-state index in [1.165, 1.54) is 0 Å². The van der Waals surface area contributed by atoms with E-state index in [2.05, 4.69) is 15.4 Å². The van der Waals surface area contributed by atoms with Crippen LogP contribution in [0, 0.1) is 13.8 Å². The highest BCUT2D eigenvalue weighted by Crippen LogP contribution is 2.30. The molecule has 1 fully saturated rings. The number of nitrogens with zero attached hydrogens (tertiary/aromatic N) is 5. The van der Waals surface area contributed by atoms with Crippen LogP contribution >= 0.6 is 11.6 Å². The normalized spacial score (nSPS) is 16.3. The van der Waals surface area contributed by atoms with Crippen LogP contribution in [0.3, 0.4) is 0 Å². The summed E-state index contributed by atoms with van der Waals surface area (Å²) in [7, 11) is 0. The Morgan fingerprint density at radius 3 is 2.84 bits per heavy atom. The summed E-state index contributed by atoms with van der Waals surface area (Å²) < 4.78 is 1.77. The fourth-order valence-corrected chi connectivity index (χ4v) is 4.44. The highest BCUT2D eigenvalue weighted by molar-refractivity contribution is 6.31. The summed E-state index contributed by atoms with van der Waals surface area (Å²) >= 11 is 6.33. The van der Waals surface area contributed by atoms with Crippen molar-refractivity contribution in [1.29, 1.82) is 0 Å². The molecule has 0 saturated carbocycles. The van der Waals surface area contributed by atoms with Crippen molar-refractivity contribution in [1.82, 2.24) is 29.7 Å². The van der Waals surface area contributed by atoms with E-state index < -0.39 is 0 Å². The summed E-state index contributed by atoms with van der Waals surface area (Å²) in [4.78, 5) is 33.8. The molecule has 2 aromatic heterocycles. The van der Waals surface area contributed by atoms with E-state index in [1.807, 2.05) is 38.1 Å². The molecule has 31 heavy (non-hydrogen) atoms. The third-order valence-corrected chi connectivity index (χ3v) is 6.59. The number of benzene rings is 1. The minimum absolute atomic E-state index is 0.0539. The number of hydrogen-bond acceptors (Lipinski definition) is 5. The Bertz CT molecular complexity index is 1220. The number of piperazine rings is 1. The molecule has 0 bridgehead atoms. The van der Waals surface area contributed by atoms with Gasteiger partial charge in [0.05, 0.1) is 41.7 Å². The van der Waals surface area contributed by atoms with E-state index in [0.29, 0.717) is 43.3 Å². The first-order chi connectivity index (χ1) is 14.9. The first-order valence-electron chi connectivity index (χ1n) is 10.3. The molecular formula is C22H23ClN6O2. The van der Waals surface area contributed by atoms with Gasteiger partial charge in [-0.2, -0.15) is 5.10 Å². The van der Waals surface area contributed by atoms with Crippen molar-refractivity contribution in [2.45, 2.75) is 33.5 Å². The van der Waals surface area contributed by atoms with Gasteiger partial charge in [-0.1, -0.05) is 29.8 Å². The van der Waals surface area contributed by atoms with Crippen molar-refractivity contribution in [2.75, 3.05) is 19.6 Å². The van der Waals surface area contributed by atoms with Gasteiger partial charge in [0.1, 0.15) is 0 Å². The minimum Gasteiger partial charge on any atom is -0.336 e. The highest BCUT2D eigenvalue weighted by Gasteiger charge is 2.31. The zero-order chi connectivity index (χ0) is 21.7. The van der Waals surface area contributed by atoms with E-state index in [1.54, 1.807) is 14.3 Å². The number of aromatic nitrogens is 3. The lowest BCUT2D eigenvalue weighted by molar-refractivity contribution is -0.132. The van der Waals surface area contributed by atoms with Crippen molar-refractivity contribution in [2.24, 2.45) is 0 Å². The number of carbonyl (C=O) groups excluding carboxylic acids is 2. The average Bonchev–Trinajstić information content (AvgIpc) is 3.33. The maximum absolute atomic E-state index is 13.4. The van der Waals surface area contributed by atoms with Crippen molar-refractivity contribution in [3.8, 4) is 0 Å². The van der Waals surface area contributed by atoms with E-state index in [-0.39, 0.29) is 11.8 Å². The van der Waals surface area contributed by atoms with Crippen molar-refractivity contribution >= 4 is 29.1 Å². The van der Waals surface area contributed by atoms with Gasteiger partial charge in [0.25, 0.3) is 5.91 Å². The minimum atomic E-state index is -0.0586. The Kier molecular flexibility index (Phi) is 4.91. The third kappa shape index (κ3) is 3.36. The molecule has 0 radical (unpaired) electrons. The van der Waals surface area contributed by atoms with Crippen LogP contribution in [-0.4, -0.2) is 55.8 Å². The quantitative estimate of drug-likeness (QED) is 0.677. The van der Waals surface area contributed by atoms with Gasteiger partial charge < -0.3 is 15.1 Å². The molecule has 4 heterocycles. The highest BCUT2D eigenvalue weighted by atomic mass is 35.5. The van der Waals surface area contributed by atoms with Crippen LogP contribution in [0.1, 0.15) is 38.6 Å². The van der Waals surface area contributed by atoms with E-state index in [0.717, 1.165) is 40.4 Å². The lowest BCUT2D eigenvalue weighted by Gasteiger charge is -2.28. The lowest BCUT2D eigenvalue weighted by Crippen LogP contribution is -2.47. The number of amides is 2. The van der Waals surface area contributed by atoms with Gasteiger partial charge in [-0.15, -0.1) is 0 Å². The van der Waals surface area contributed by atoms with Gasteiger partial charge in [-0.25, -0.2) is 9.50 Å². The molecule has 3 aromatic rings. The molecule has 5 rings (SSSR count). The number of fused-ring (bicyclic) bond motifs is 3. The molecule has 2 aliphatic heterocycles. The topological polar surface area (TPSA) is 82.8 Å². The maximum Gasteiger partial charge on any atom is 0.254 e. The predicted octanol–water partition coefficient (Wildman–Crippen LogP) is 2.09. The molecule has 160 valence electrons. The van der Waals surface area contributed by atoms with Crippen molar-refractivity contribution in [3.63, 3.8) is 0 Å². The molecule has 0 spiro atoms. The van der Waals surface area contributed by atoms with Crippen molar-refractivity contribution in [3.05, 3.63) is 63.1 Å². The second kappa shape index (κ2) is 7.62. The molecule has 0 aliphatic carbocycles. The number of hydrogen-bond donors (Lipinski definition) is 1. The molecule has 1 N–H and O–H groups in total. The average molecular weight is 439 g/mol. The van der Waals surface area contributed by atoms with Crippen LogP contribution < -0.4 is 5.32 Å². The van der Waals surface area contributed by atoms with E-state index in [9.17, 15) is 9.59 Å². The monoisotopic (exact) mass is 438 g/mol. The molecule has 0 atom stereocenters. The Balaban J connectivity index is 1.42. The summed E-state index contributed by atoms with van der Waals surface area (Å²) in [5.74, 6) is -0.00466. The molecule has 1 aromatic carbocycles. The molecule has 2 aliphatic rings. The van der Waals surface area contributed by atoms with Crippen LogP contribution in [0.5, 0.6) is 0 Å². The molecule has 1 saturated heterocycles. The fourth-order valence-electron chi connectivity index (χ4n) is 4.31. The van der Waals surface area contributed by atoms with Gasteiger partial charge in [0, 0.05) is 30.8 Å². The zero-order valence-electron chi connectivity index (χ0n) is 17.5. The lowest BCUT2D eigenvalue weighted by atomic mass is 10.1. The first kappa shape index (κ1) is 20.0. The van der Waals surface area contributed by atoms with Gasteiger partial charge in [0.15, 0.2) is 5.65 Å². The predicted molar refractivity (Wildman–Crippen MR) is 116 cm³/mol. The van der Waals surface area contributed by atoms with E-state index >= 15 is 0 Å². The number of nitrogens with one attached hydrogen (secondary N) is 1. The summed E-state index contributed by atoms with van der Waals surface area (Å²) in [6, 6.07) is 7.52. The van der Waals surface area contributed by atoms with E-state index in [4.69, 9.17) is 11.6 Å². The summed E-state index contributed by atoms with van der Waals surface area (Å²) in [5.41, 5.74) is 5.65. The standard InChI is InChI=1S/C22H23ClN6O2/c1-13-20(23)14(2)29-21(25-13)17-11-28(12-18(17)26-29)22(31)16-6-4-3-5-15(16)10-27-8-7-24-9-19(27)30/h3-6,24H,7-12H2,1-2H3. The molecule has 8 nitrogen and oxygen atoms in total. The first-order valence-corrected chi connectivity index (χ1v) is 10.7. The molecule has 9 heteroatoms. The largest absolute Gasteiger partial charge is 0.336 e. The summed E-state index contributed by atoms with van der Waals surface area (Å²) in [6.45, 7) is 6.85. The van der Waals surface area contributed by atoms with Gasteiger partial charge in [-0.05, 0) is 25.5 Å². The molecule has 0 unspecified atom stereocenters. The van der Waals surface area contributed by atoms with Crippen LogP contribution in [0.15, 0.2) is 24.3 Å². The van der Waals surface area contributed by atoms with Gasteiger partial charge in [-0.3, -0.25) is 9.59 Å². The van der Waals surface area contributed by atoms with Gasteiger partial charge >= 0.3 is 0 Å². The second-order valence-electron chi connectivity index (χ2n) is 8.07. The SMILES string of the molecule is Cc1nc2c3c(nn2c(C)c1Cl)CN(C(=O)c1ccccc1CN1CCNCC1=O)C3. The molecule has 2 amide bonds. The zero-order valence-corrected chi connectivity index (χ0v) is 18.2. The van der Waals surface area contributed by atoms with Crippen LogP contribution in [0.4, 0.5) is 0 Å². The third-order valence-electron chi connectivity index (χ3n) is 6.04. The fraction of sp³-hybridized carbons (Fsp3) is 0.364. The molecular weight excluding hydrogens is 416 g/mol. The van der Waals surface area contributed by atoms with Crippen LogP contribution in [0.2, 0.25) is 5.02 Å². The second-order valence-corrected chi connectivity index (χ2v) is 8.45. The number of aryl methyl sites for hydroxylation is 2. The summed E-state index contributed by atoms with van der Waals surface area (Å²) in [6.07, 6.45) is 0.